The number of hydrogen-bond acceptors (Lipinski definition) is 6. The molecular formula is C27H33F3N2O5S. The molecular weight excluding hydrogens is 521 g/mol. The molecule has 0 spiro atoms. The number of alkyl halides is 3. The lowest BCUT2D eigenvalue weighted by Gasteiger charge is -2.29. The van der Waals surface area contributed by atoms with Crippen molar-refractivity contribution in [3.05, 3.63) is 53.1 Å². The fraction of sp³-hybridized carbons (Fsp3) is 0.481. The Kier molecular flexibility index (Phi) is 10.2. The van der Waals surface area contributed by atoms with Crippen molar-refractivity contribution in [3.63, 3.8) is 0 Å². The Morgan fingerprint density at radius 3 is 2.16 bits per heavy atom. The van der Waals surface area contributed by atoms with Crippen LogP contribution in [-0.4, -0.2) is 56.4 Å². The lowest BCUT2D eigenvalue weighted by molar-refractivity contribution is -0.137. The Balaban J connectivity index is 1.96. The molecule has 0 aliphatic carbocycles. The molecule has 1 heterocycles. The maximum atomic E-state index is 13.9. The molecule has 1 N–H and O–H groups in total. The molecule has 38 heavy (non-hydrogen) atoms. The molecule has 1 aliphatic rings. The van der Waals surface area contributed by atoms with E-state index < -0.39 is 29.1 Å². The molecule has 2 amide bonds. The Bertz CT molecular complexity index is 1090. The molecule has 1 fully saturated rings. The van der Waals surface area contributed by atoms with Gasteiger partial charge in [0.1, 0.15) is 11.4 Å². The van der Waals surface area contributed by atoms with Gasteiger partial charge in [-0.1, -0.05) is 38.3 Å². The molecule has 2 aromatic rings. The smallest absolute Gasteiger partial charge is 0.416 e. The number of unbranched alkanes of at least 4 members (excludes halogenated alkanes) is 3. The quantitative estimate of drug-likeness (QED) is 0.360. The number of ether oxygens (including phenoxy) is 3. The molecule has 0 radical (unpaired) electrons. The summed E-state index contributed by atoms with van der Waals surface area (Å²) < 4.78 is 55.5. The summed E-state index contributed by atoms with van der Waals surface area (Å²) in [4.78, 5) is 28.5. The third-order valence-electron chi connectivity index (χ3n) is 6.30. The van der Waals surface area contributed by atoms with Gasteiger partial charge in [-0.2, -0.15) is 13.2 Å². The summed E-state index contributed by atoms with van der Waals surface area (Å²) >= 11 is 1.33. The lowest BCUT2D eigenvalue weighted by Crippen LogP contribution is -2.48. The minimum atomic E-state index is -4.48. The second-order valence-electron chi connectivity index (χ2n) is 8.80. The number of carbonyl (C=O) groups excluding carboxylic acids is 2. The number of amides is 2. The second kappa shape index (κ2) is 13.1. The molecule has 7 nitrogen and oxygen atoms in total. The summed E-state index contributed by atoms with van der Waals surface area (Å²) in [6, 6.07) is 6.84. The minimum Gasteiger partial charge on any atom is -0.493 e. The normalized spacial score (nSPS) is 17.3. The predicted molar refractivity (Wildman–Crippen MR) is 140 cm³/mol. The van der Waals surface area contributed by atoms with Crippen molar-refractivity contribution >= 4 is 23.6 Å². The van der Waals surface area contributed by atoms with Crippen molar-refractivity contribution in [2.24, 2.45) is 0 Å². The van der Waals surface area contributed by atoms with E-state index in [0.29, 0.717) is 23.6 Å². The third kappa shape index (κ3) is 6.67. The van der Waals surface area contributed by atoms with Crippen LogP contribution < -0.4 is 19.5 Å². The van der Waals surface area contributed by atoms with Gasteiger partial charge in [0.05, 0.1) is 26.9 Å². The van der Waals surface area contributed by atoms with Gasteiger partial charge in [-0.3, -0.25) is 9.59 Å². The highest BCUT2D eigenvalue weighted by Gasteiger charge is 2.43. The van der Waals surface area contributed by atoms with E-state index in [1.54, 1.807) is 0 Å². The van der Waals surface area contributed by atoms with Crippen LogP contribution in [0.1, 0.15) is 59.5 Å². The standard InChI is InChI=1S/C27H33F3N2O5S/c1-5-6-7-8-13-31-24(33)20-16-38-26(17-9-11-19(12-10-17)27(28,29)30)32(20)25(34)18-14-21(35-2)23(37-4)22(15-18)36-3/h9-12,14-15,20,26H,5-8,13,16H2,1-4H3,(H,31,33). The van der Waals surface area contributed by atoms with Crippen LogP contribution in [-0.2, 0) is 11.0 Å². The van der Waals surface area contributed by atoms with E-state index in [0.717, 1.165) is 37.8 Å². The van der Waals surface area contributed by atoms with Gasteiger partial charge in [0.25, 0.3) is 5.91 Å². The van der Waals surface area contributed by atoms with Gasteiger partial charge in [0, 0.05) is 17.9 Å². The van der Waals surface area contributed by atoms with Crippen LogP contribution in [0.2, 0.25) is 0 Å². The van der Waals surface area contributed by atoms with Crippen molar-refractivity contribution in [2.45, 2.75) is 50.2 Å². The highest BCUT2D eigenvalue weighted by Crippen LogP contribution is 2.45. The van der Waals surface area contributed by atoms with Crippen molar-refractivity contribution in [3.8, 4) is 17.2 Å². The summed E-state index contributed by atoms with van der Waals surface area (Å²) in [7, 11) is 4.30. The molecule has 208 valence electrons. The summed E-state index contributed by atoms with van der Waals surface area (Å²) in [6.07, 6.45) is -0.537. The van der Waals surface area contributed by atoms with E-state index in [-0.39, 0.29) is 23.0 Å². The van der Waals surface area contributed by atoms with Crippen LogP contribution >= 0.6 is 11.8 Å². The first-order valence-corrected chi connectivity index (χ1v) is 13.4. The fourth-order valence-corrected chi connectivity index (χ4v) is 5.71. The number of carbonyl (C=O) groups is 2. The number of hydrogen-bond donors (Lipinski definition) is 1. The maximum Gasteiger partial charge on any atom is 0.416 e. The monoisotopic (exact) mass is 554 g/mol. The van der Waals surface area contributed by atoms with Gasteiger partial charge in [-0.25, -0.2) is 0 Å². The lowest BCUT2D eigenvalue weighted by atomic mass is 10.1. The first-order valence-electron chi connectivity index (χ1n) is 12.3. The molecule has 2 aromatic carbocycles. The topological polar surface area (TPSA) is 77.1 Å². The average molecular weight is 555 g/mol. The number of nitrogens with one attached hydrogen (secondary N) is 1. The van der Waals surface area contributed by atoms with Gasteiger partial charge in [0.2, 0.25) is 11.7 Å². The van der Waals surface area contributed by atoms with Crippen LogP contribution in [0.3, 0.4) is 0 Å². The van der Waals surface area contributed by atoms with Gasteiger partial charge in [0.15, 0.2) is 11.5 Å². The fourth-order valence-electron chi connectivity index (χ4n) is 4.28. The first kappa shape index (κ1) is 29.5. The van der Waals surface area contributed by atoms with E-state index >= 15 is 0 Å². The number of nitrogens with zero attached hydrogens (tertiary/aromatic N) is 1. The number of methoxy groups -OCH3 is 3. The SMILES string of the molecule is CCCCCCNC(=O)C1CSC(c2ccc(C(F)(F)F)cc2)N1C(=O)c1cc(OC)c(OC)c(OC)c1. The summed E-state index contributed by atoms with van der Waals surface area (Å²) in [5, 5.41) is 2.25. The average Bonchev–Trinajstić information content (AvgIpc) is 3.36. The number of benzene rings is 2. The summed E-state index contributed by atoms with van der Waals surface area (Å²) in [5.41, 5.74) is -0.102. The van der Waals surface area contributed by atoms with Crippen LogP contribution in [0.4, 0.5) is 13.2 Å². The summed E-state index contributed by atoms with van der Waals surface area (Å²) in [6.45, 7) is 2.58. The molecule has 1 saturated heterocycles. The van der Waals surface area contributed by atoms with E-state index in [4.69, 9.17) is 14.2 Å². The Morgan fingerprint density at radius 2 is 1.63 bits per heavy atom. The van der Waals surface area contributed by atoms with Gasteiger partial charge < -0.3 is 24.4 Å². The third-order valence-corrected chi connectivity index (χ3v) is 7.63. The number of rotatable bonds is 11. The zero-order valence-corrected chi connectivity index (χ0v) is 22.7. The predicted octanol–water partition coefficient (Wildman–Crippen LogP) is 5.68. The Hall–Kier alpha value is -3.08. The molecule has 0 saturated carbocycles. The van der Waals surface area contributed by atoms with Crippen molar-refractivity contribution in [2.75, 3.05) is 33.6 Å². The molecule has 11 heteroatoms. The molecule has 2 atom stereocenters. The largest absolute Gasteiger partial charge is 0.493 e. The Morgan fingerprint density at radius 1 is 1.00 bits per heavy atom. The second-order valence-corrected chi connectivity index (χ2v) is 9.91. The van der Waals surface area contributed by atoms with Gasteiger partial charge in [-0.05, 0) is 36.2 Å². The van der Waals surface area contributed by atoms with Crippen molar-refractivity contribution in [1.82, 2.24) is 10.2 Å². The first-order chi connectivity index (χ1) is 18.2. The minimum absolute atomic E-state index is 0.194. The van der Waals surface area contributed by atoms with E-state index in [9.17, 15) is 22.8 Å². The zero-order chi connectivity index (χ0) is 27.9. The van der Waals surface area contributed by atoms with Crippen molar-refractivity contribution < 1.29 is 37.0 Å². The van der Waals surface area contributed by atoms with E-state index in [1.807, 2.05) is 0 Å². The molecule has 0 aromatic heterocycles. The Labute approximate surface area is 225 Å². The maximum absolute atomic E-state index is 13.9. The molecule has 0 bridgehead atoms. The number of thioether (sulfide) groups is 1. The van der Waals surface area contributed by atoms with E-state index in [2.05, 4.69) is 12.2 Å². The van der Waals surface area contributed by atoms with Crippen LogP contribution in [0.5, 0.6) is 17.2 Å². The van der Waals surface area contributed by atoms with Gasteiger partial charge >= 0.3 is 6.18 Å². The van der Waals surface area contributed by atoms with Crippen molar-refractivity contribution in [1.29, 1.82) is 0 Å². The van der Waals surface area contributed by atoms with Gasteiger partial charge in [-0.15, -0.1) is 11.8 Å². The summed E-state index contributed by atoms with van der Waals surface area (Å²) in [5.74, 6) is 0.357. The van der Waals surface area contributed by atoms with E-state index in [1.165, 1.54) is 62.3 Å². The van der Waals surface area contributed by atoms with Crippen LogP contribution in [0.15, 0.2) is 36.4 Å². The zero-order valence-electron chi connectivity index (χ0n) is 21.9. The number of halogens is 3. The highest BCUT2D eigenvalue weighted by molar-refractivity contribution is 7.99. The molecule has 2 unspecified atom stereocenters. The van der Waals surface area contributed by atoms with Crippen LogP contribution in [0, 0.1) is 0 Å². The highest BCUT2D eigenvalue weighted by atomic mass is 32.2. The molecule has 3 rings (SSSR count). The van der Waals surface area contributed by atoms with Crippen LogP contribution in [0.25, 0.3) is 0 Å². The molecule has 1 aliphatic heterocycles.